The van der Waals surface area contributed by atoms with Crippen LogP contribution in [0.1, 0.15) is 0 Å². The van der Waals surface area contributed by atoms with Crippen LogP contribution < -0.4 is 0 Å². The summed E-state index contributed by atoms with van der Waals surface area (Å²) in [6.07, 6.45) is 0. The van der Waals surface area contributed by atoms with Crippen LogP contribution in [0.25, 0.3) is 0 Å². The Bertz CT molecular complexity index is 273. The maximum absolute atomic E-state index is 12.5. The molecule has 0 heterocycles. The summed E-state index contributed by atoms with van der Waals surface area (Å²) in [6, 6.07) is 1.55. The Labute approximate surface area is 71.5 Å². The minimum atomic E-state index is -1.23. The van der Waals surface area contributed by atoms with E-state index >= 15 is 0 Å². The molecule has 0 atom stereocenters. The van der Waals surface area contributed by atoms with Crippen LogP contribution in [0.2, 0.25) is 0 Å². The van der Waals surface area contributed by atoms with Gasteiger partial charge in [-0.3, -0.25) is 0 Å². The van der Waals surface area contributed by atoms with Gasteiger partial charge in [0.1, 0.15) is 0 Å². The zero-order valence-corrected chi connectivity index (χ0v) is 7.08. The summed E-state index contributed by atoms with van der Waals surface area (Å²) in [6.45, 7) is 5.88. The fourth-order valence-corrected chi connectivity index (χ4v) is 0.604. The van der Waals surface area contributed by atoms with Crippen LogP contribution in [0, 0.1) is 11.3 Å². The minimum Gasteiger partial charge on any atom is -0.204 e. The largest absolute Gasteiger partial charge is 0.204 e. The molecular weight excluding hydrogens is 216 g/mol. The van der Waals surface area contributed by atoms with E-state index in [-0.39, 0.29) is 10.1 Å². The molecule has 1 nitrogen and oxygen atoms in total. The molecule has 0 spiro atoms. The van der Waals surface area contributed by atoms with Crippen molar-refractivity contribution in [1.29, 1.82) is 5.26 Å². The van der Waals surface area contributed by atoms with E-state index in [1.54, 1.807) is 6.07 Å². The Hall–Kier alpha value is -0.950. The van der Waals surface area contributed by atoms with E-state index in [0.717, 1.165) is 0 Å². The van der Waals surface area contributed by atoms with Gasteiger partial charge in [-0.2, -0.15) is 5.26 Å². The van der Waals surface area contributed by atoms with E-state index in [9.17, 15) is 8.78 Å². The van der Waals surface area contributed by atoms with Crippen LogP contribution in [0.3, 0.4) is 0 Å². The van der Waals surface area contributed by atoms with E-state index in [0.29, 0.717) is 0 Å². The van der Waals surface area contributed by atoms with Crippen molar-refractivity contribution in [2.75, 3.05) is 0 Å². The molecule has 0 fully saturated rings. The van der Waals surface area contributed by atoms with E-state index in [1.165, 1.54) is 0 Å². The number of hydrogen-bond acceptors (Lipinski definition) is 1. The molecule has 0 rings (SSSR count). The van der Waals surface area contributed by atoms with Gasteiger partial charge in [0.2, 0.25) is 0 Å². The minimum absolute atomic E-state index is 0.179. The third-order valence-electron chi connectivity index (χ3n) is 0.831. The molecule has 0 aliphatic rings. The summed E-state index contributed by atoms with van der Waals surface area (Å²) in [4.78, 5) is 0. The van der Waals surface area contributed by atoms with Crippen molar-refractivity contribution < 1.29 is 8.78 Å². The van der Waals surface area contributed by atoms with Crippen molar-refractivity contribution in [3.8, 4) is 6.07 Å². The summed E-state index contributed by atoms with van der Waals surface area (Å²) in [5.74, 6) is -2.43. The molecule has 11 heavy (non-hydrogen) atoms. The second-order valence-corrected chi connectivity index (χ2v) is 2.42. The number of allylic oxidation sites excluding steroid dienone is 4. The van der Waals surface area contributed by atoms with Gasteiger partial charge < -0.3 is 0 Å². The number of nitriles is 1. The van der Waals surface area contributed by atoms with Crippen molar-refractivity contribution in [2.45, 2.75) is 0 Å². The fraction of sp³-hybridized carbons (Fsp3) is 0. The first-order valence-corrected chi connectivity index (χ1v) is 3.29. The van der Waals surface area contributed by atoms with Crippen molar-refractivity contribution >= 4 is 15.9 Å². The number of halogens is 3. The van der Waals surface area contributed by atoms with Crippen LogP contribution >= 0.6 is 15.9 Å². The van der Waals surface area contributed by atoms with Gasteiger partial charge in [0, 0.05) is 0 Å². The SMILES string of the molecule is C=C(F)/C(F)=C(/Br)C(=C)C#N. The number of rotatable bonds is 2. The van der Waals surface area contributed by atoms with Crippen LogP contribution in [0.5, 0.6) is 0 Å². The molecule has 0 radical (unpaired) electrons. The van der Waals surface area contributed by atoms with Crippen LogP contribution in [-0.4, -0.2) is 0 Å². The normalized spacial score (nSPS) is 11.5. The van der Waals surface area contributed by atoms with Crippen molar-refractivity contribution in [3.05, 3.63) is 34.9 Å². The van der Waals surface area contributed by atoms with Crippen LogP contribution in [0.15, 0.2) is 34.9 Å². The molecule has 0 aromatic carbocycles. The second kappa shape index (κ2) is 4.04. The highest BCUT2D eigenvalue weighted by molar-refractivity contribution is 9.12. The summed E-state index contributed by atoms with van der Waals surface area (Å²) < 4.78 is 24.2. The zero-order chi connectivity index (χ0) is 9.02. The summed E-state index contributed by atoms with van der Waals surface area (Å²) >= 11 is 2.65. The second-order valence-electron chi connectivity index (χ2n) is 1.62. The Morgan fingerprint density at radius 1 is 1.36 bits per heavy atom. The topological polar surface area (TPSA) is 23.8 Å². The highest BCUT2D eigenvalue weighted by Crippen LogP contribution is 2.25. The Morgan fingerprint density at radius 3 is 2.09 bits per heavy atom. The van der Waals surface area contributed by atoms with Gasteiger partial charge in [0.15, 0.2) is 11.7 Å². The van der Waals surface area contributed by atoms with Gasteiger partial charge in [-0.1, -0.05) is 13.2 Å². The van der Waals surface area contributed by atoms with Gasteiger partial charge in [0.25, 0.3) is 0 Å². The van der Waals surface area contributed by atoms with Gasteiger partial charge in [0.05, 0.1) is 16.1 Å². The van der Waals surface area contributed by atoms with Crippen LogP contribution in [0.4, 0.5) is 8.78 Å². The molecule has 0 N–H and O–H groups in total. The first-order chi connectivity index (χ1) is 5.00. The highest BCUT2D eigenvalue weighted by atomic mass is 79.9. The quantitative estimate of drug-likeness (QED) is 0.518. The third kappa shape index (κ3) is 2.64. The van der Waals surface area contributed by atoms with Crippen LogP contribution in [-0.2, 0) is 0 Å². The smallest absolute Gasteiger partial charge is 0.173 e. The summed E-state index contributed by atoms with van der Waals surface area (Å²) in [7, 11) is 0. The van der Waals surface area contributed by atoms with Gasteiger partial charge in [-0.15, -0.1) is 0 Å². The fourth-order valence-electron chi connectivity index (χ4n) is 0.301. The van der Waals surface area contributed by atoms with E-state index < -0.39 is 11.7 Å². The lowest BCUT2D eigenvalue weighted by atomic mass is 10.3. The summed E-state index contributed by atoms with van der Waals surface area (Å²) in [5, 5.41) is 8.20. The maximum Gasteiger partial charge on any atom is 0.173 e. The molecule has 0 aliphatic carbocycles. The zero-order valence-electron chi connectivity index (χ0n) is 5.50. The molecule has 0 aromatic heterocycles. The molecule has 4 heteroatoms. The molecule has 0 amide bonds. The lowest BCUT2D eigenvalue weighted by Gasteiger charge is -1.95. The summed E-state index contributed by atoms with van der Waals surface area (Å²) in [5.41, 5.74) is -0.179. The molecule has 0 aromatic rings. The lowest BCUT2D eigenvalue weighted by Crippen LogP contribution is -1.81. The first kappa shape index (κ1) is 10.0. The molecule has 0 saturated carbocycles. The third-order valence-corrected chi connectivity index (χ3v) is 1.66. The van der Waals surface area contributed by atoms with Crippen molar-refractivity contribution in [1.82, 2.24) is 0 Å². The van der Waals surface area contributed by atoms with Crippen molar-refractivity contribution in [3.63, 3.8) is 0 Å². The maximum atomic E-state index is 12.5. The Balaban J connectivity index is 4.85. The highest BCUT2D eigenvalue weighted by Gasteiger charge is 2.09. The Kier molecular flexibility index (Phi) is 3.69. The van der Waals surface area contributed by atoms with Gasteiger partial charge in [-0.05, 0) is 15.9 Å². The molecule has 0 saturated heterocycles. The molecule has 0 unspecified atom stereocenters. The lowest BCUT2D eigenvalue weighted by molar-refractivity contribution is 0.546. The molecular formula is C7H4BrF2N. The average Bonchev–Trinajstić information content (AvgIpc) is 2.00. The Morgan fingerprint density at radius 2 is 1.82 bits per heavy atom. The molecule has 0 aliphatic heterocycles. The number of nitrogens with zero attached hydrogens (tertiary/aromatic N) is 1. The average molecular weight is 220 g/mol. The molecule has 0 bridgehead atoms. The molecule has 58 valence electrons. The first-order valence-electron chi connectivity index (χ1n) is 2.50. The standard InChI is InChI=1S/C7H4BrF2N/c1-4(3-11)6(8)7(10)5(2)9/h1-2H2/b7-6-. The van der Waals surface area contributed by atoms with E-state index in [1.807, 2.05) is 0 Å². The van der Waals surface area contributed by atoms with E-state index in [4.69, 9.17) is 5.26 Å². The van der Waals surface area contributed by atoms with E-state index in [2.05, 4.69) is 29.1 Å². The van der Waals surface area contributed by atoms with Crippen molar-refractivity contribution in [2.24, 2.45) is 0 Å². The van der Waals surface area contributed by atoms with Gasteiger partial charge >= 0.3 is 0 Å². The van der Waals surface area contributed by atoms with Gasteiger partial charge in [-0.25, -0.2) is 8.78 Å². The predicted molar refractivity (Wildman–Crippen MR) is 42.1 cm³/mol. The number of hydrogen-bond donors (Lipinski definition) is 0. The monoisotopic (exact) mass is 219 g/mol. The predicted octanol–water partition coefficient (Wildman–Crippen LogP) is 3.13.